The van der Waals surface area contributed by atoms with Crippen LogP contribution in [-0.4, -0.2) is 29.9 Å². The third-order valence-electron chi connectivity index (χ3n) is 5.00. The summed E-state index contributed by atoms with van der Waals surface area (Å²) in [6.45, 7) is 11.0. The zero-order valence-corrected chi connectivity index (χ0v) is 14.0. The molecule has 2 heteroatoms. The van der Waals surface area contributed by atoms with Crippen molar-refractivity contribution in [2.75, 3.05) is 20.1 Å². The van der Waals surface area contributed by atoms with E-state index in [2.05, 4.69) is 73.8 Å². The van der Waals surface area contributed by atoms with Crippen LogP contribution in [0, 0.1) is 0 Å². The normalized spacial score (nSPS) is 20.9. The summed E-state index contributed by atoms with van der Waals surface area (Å²) in [6, 6.07) is 9.59. The van der Waals surface area contributed by atoms with Gasteiger partial charge in [-0.1, -0.05) is 30.8 Å². The van der Waals surface area contributed by atoms with Crippen molar-refractivity contribution in [1.82, 2.24) is 9.80 Å². The van der Waals surface area contributed by atoms with Crippen molar-refractivity contribution >= 4 is 5.57 Å². The number of nitrogens with zero attached hydrogens (tertiary/aromatic N) is 2. The van der Waals surface area contributed by atoms with Crippen molar-refractivity contribution in [3.8, 4) is 0 Å². The Labute approximate surface area is 134 Å². The third-order valence-corrected chi connectivity index (χ3v) is 5.00. The smallest absolute Gasteiger partial charge is 0.0360 e. The summed E-state index contributed by atoms with van der Waals surface area (Å²) < 4.78 is 0. The van der Waals surface area contributed by atoms with Gasteiger partial charge in [0.2, 0.25) is 0 Å². The summed E-state index contributed by atoms with van der Waals surface area (Å²) in [5.74, 6) is 0. The first-order valence-corrected chi connectivity index (χ1v) is 8.23. The molecule has 0 aromatic heterocycles. The second-order valence-corrected chi connectivity index (χ2v) is 6.51. The maximum Gasteiger partial charge on any atom is 0.0360 e. The summed E-state index contributed by atoms with van der Waals surface area (Å²) >= 11 is 0. The zero-order chi connectivity index (χ0) is 15.7. The fourth-order valence-corrected chi connectivity index (χ4v) is 3.37. The van der Waals surface area contributed by atoms with Crippen LogP contribution in [0.5, 0.6) is 0 Å². The maximum atomic E-state index is 4.09. The molecule has 22 heavy (non-hydrogen) atoms. The summed E-state index contributed by atoms with van der Waals surface area (Å²) in [6.07, 6.45) is 7.07. The summed E-state index contributed by atoms with van der Waals surface area (Å²) in [7, 11) is 2.06. The van der Waals surface area contributed by atoms with Crippen LogP contribution < -0.4 is 0 Å². The molecule has 0 bridgehead atoms. The van der Waals surface area contributed by atoms with Gasteiger partial charge in [0.05, 0.1) is 0 Å². The molecule has 1 fully saturated rings. The van der Waals surface area contributed by atoms with Crippen LogP contribution in [0.2, 0.25) is 0 Å². The van der Waals surface area contributed by atoms with Gasteiger partial charge >= 0.3 is 0 Å². The monoisotopic (exact) mass is 294 g/mol. The minimum absolute atomic E-state index is 0.525. The van der Waals surface area contributed by atoms with E-state index in [9.17, 15) is 0 Å². The summed E-state index contributed by atoms with van der Waals surface area (Å²) in [5.41, 5.74) is 6.25. The number of rotatable bonds is 3. The molecular formula is C20H26N2. The Kier molecular flexibility index (Phi) is 4.21. The molecule has 2 nitrogen and oxygen atoms in total. The standard InChI is InChI=1S/C20H26N2/c1-15-13-20(14-21(4)16(15)2)19-9-7-18(8-10-19)17(3)22-11-5-6-12-22/h7-10,13-14,17H,2,5-6,11-12H2,1,3-4H3/t17-/m1/s1. The van der Waals surface area contributed by atoms with Crippen LogP contribution in [0.25, 0.3) is 5.57 Å². The summed E-state index contributed by atoms with van der Waals surface area (Å²) in [5, 5.41) is 0. The maximum absolute atomic E-state index is 4.09. The van der Waals surface area contributed by atoms with Gasteiger partial charge in [-0.2, -0.15) is 0 Å². The number of allylic oxidation sites excluding steroid dienone is 3. The molecule has 0 saturated carbocycles. The molecule has 0 radical (unpaired) electrons. The molecule has 1 aromatic rings. The Hall–Kier alpha value is -1.80. The summed E-state index contributed by atoms with van der Waals surface area (Å²) in [4.78, 5) is 4.68. The molecular weight excluding hydrogens is 268 g/mol. The van der Waals surface area contributed by atoms with Crippen molar-refractivity contribution in [2.24, 2.45) is 0 Å². The minimum atomic E-state index is 0.525. The second-order valence-electron chi connectivity index (χ2n) is 6.51. The molecule has 2 aliphatic heterocycles. The predicted molar refractivity (Wildman–Crippen MR) is 94.3 cm³/mol. The van der Waals surface area contributed by atoms with Crippen molar-refractivity contribution < 1.29 is 0 Å². The van der Waals surface area contributed by atoms with Gasteiger partial charge in [-0.05, 0) is 68.1 Å². The van der Waals surface area contributed by atoms with E-state index in [0.29, 0.717) is 6.04 Å². The quantitative estimate of drug-likeness (QED) is 0.804. The first-order chi connectivity index (χ1) is 10.6. The molecule has 116 valence electrons. The lowest BCUT2D eigenvalue weighted by molar-refractivity contribution is 0.263. The van der Waals surface area contributed by atoms with Crippen molar-refractivity contribution in [3.05, 3.63) is 65.5 Å². The van der Waals surface area contributed by atoms with Gasteiger partial charge in [-0.3, -0.25) is 4.90 Å². The highest BCUT2D eigenvalue weighted by Gasteiger charge is 2.19. The van der Waals surface area contributed by atoms with Crippen molar-refractivity contribution in [1.29, 1.82) is 0 Å². The minimum Gasteiger partial charge on any atom is -0.351 e. The van der Waals surface area contributed by atoms with Gasteiger partial charge in [0, 0.05) is 25.0 Å². The molecule has 1 aromatic carbocycles. The van der Waals surface area contributed by atoms with Gasteiger partial charge in [-0.15, -0.1) is 0 Å². The lowest BCUT2D eigenvalue weighted by Gasteiger charge is -2.25. The lowest BCUT2D eigenvalue weighted by Crippen LogP contribution is -2.23. The van der Waals surface area contributed by atoms with E-state index in [4.69, 9.17) is 0 Å². The molecule has 0 unspecified atom stereocenters. The molecule has 1 saturated heterocycles. The highest BCUT2D eigenvalue weighted by atomic mass is 15.2. The molecule has 2 heterocycles. The van der Waals surface area contributed by atoms with Crippen LogP contribution in [0.1, 0.15) is 43.9 Å². The molecule has 2 aliphatic rings. The van der Waals surface area contributed by atoms with Gasteiger partial charge in [0.1, 0.15) is 0 Å². The zero-order valence-electron chi connectivity index (χ0n) is 14.0. The fraction of sp³-hybridized carbons (Fsp3) is 0.400. The SMILES string of the molecule is C=C1C(C)=CC(c2ccc([C@@H](C)N3CCCC3)cc2)=CN1C. The molecule has 3 rings (SSSR count). The van der Waals surface area contributed by atoms with Crippen molar-refractivity contribution in [3.63, 3.8) is 0 Å². The van der Waals surface area contributed by atoms with Crippen LogP contribution in [-0.2, 0) is 0 Å². The first kappa shape index (κ1) is 15.1. The van der Waals surface area contributed by atoms with Crippen LogP contribution in [0.3, 0.4) is 0 Å². The Bertz CT molecular complexity index is 616. The number of likely N-dealkylation sites (tertiary alicyclic amines) is 1. The van der Waals surface area contributed by atoms with Crippen LogP contribution in [0.15, 0.2) is 54.4 Å². The van der Waals surface area contributed by atoms with Crippen molar-refractivity contribution in [2.45, 2.75) is 32.7 Å². The van der Waals surface area contributed by atoms with E-state index < -0.39 is 0 Å². The third kappa shape index (κ3) is 2.89. The molecule has 0 spiro atoms. The Balaban J connectivity index is 1.80. The number of likely N-dealkylation sites (N-methyl/N-ethyl adjacent to an activating group) is 1. The number of hydrogen-bond donors (Lipinski definition) is 0. The number of benzene rings is 1. The van der Waals surface area contributed by atoms with E-state index in [1.807, 2.05) is 0 Å². The molecule has 0 aliphatic carbocycles. The average Bonchev–Trinajstić information content (AvgIpc) is 3.06. The van der Waals surface area contributed by atoms with Crippen LogP contribution >= 0.6 is 0 Å². The van der Waals surface area contributed by atoms with Gasteiger partial charge < -0.3 is 4.90 Å². The van der Waals surface area contributed by atoms with E-state index in [-0.39, 0.29) is 0 Å². The topological polar surface area (TPSA) is 6.48 Å². The molecule has 0 N–H and O–H groups in total. The van der Waals surface area contributed by atoms with Gasteiger partial charge in [0.25, 0.3) is 0 Å². The number of hydrogen-bond acceptors (Lipinski definition) is 2. The van der Waals surface area contributed by atoms with Gasteiger partial charge in [0.15, 0.2) is 0 Å². The molecule has 1 atom stereocenters. The van der Waals surface area contributed by atoms with E-state index in [1.54, 1.807) is 0 Å². The highest BCUT2D eigenvalue weighted by molar-refractivity contribution is 5.77. The van der Waals surface area contributed by atoms with E-state index in [1.165, 1.54) is 48.2 Å². The Morgan fingerprint density at radius 2 is 1.73 bits per heavy atom. The van der Waals surface area contributed by atoms with E-state index in [0.717, 1.165) is 5.70 Å². The predicted octanol–water partition coefficient (Wildman–Crippen LogP) is 4.59. The first-order valence-electron chi connectivity index (χ1n) is 8.23. The largest absolute Gasteiger partial charge is 0.351 e. The Morgan fingerprint density at radius 3 is 2.32 bits per heavy atom. The second kappa shape index (κ2) is 6.13. The van der Waals surface area contributed by atoms with E-state index >= 15 is 0 Å². The average molecular weight is 294 g/mol. The molecule has 0 amide bonds. The van der Waals surface area contributed by atoms with Gasteiger partial charge in [-0.25, -0.2) is 0 Å². The Morgan fingerprint density at radius 1 is 1.09 bits per heavy atom. The lowest BCUT2D eigenvalue weighted by atomic mass is 9.97. The highest BCUT2D eigenvalue weighted by Crippen LogP contribution is 2.29. The van der Waals surface area contributed by atoms with Crippen LogP contribution in [0.4, 0.5) is 0 Å². The fourth-order valence-electron chi connectivity index (χ4n) is 3.37.